The van der Waals surface area contributed by atoms with E-state index in [4.69, 9.17) is 4.74 Å². The van der Waals surface area contributed by atoms with Crippen molar-refractivity contribution in [1.82, 2.24) is 9.62 Å². The second-order valence-electron chi connectivity index (χ2n) is 7.58. The van der Waals surface area contributed by atoms with Crippen LogP contribution in [0.3, 0.4) is 0 Å². The zero-order valence-corrected chi connectivity index (χ0v) is 18.3. The van der Waals surface area contributed by atoms with Crippen molar-refractivity contribution in [2.75, 3.05) is 31.6 Å². The van der Waals surface area contributed by atoms with Crippen molar-refractivity contribution in [2.45, 2.75) is 51.0 Å². The normalized spacial score (nSPS) is 16.8. The van der Waals surface area contributed by atoms with E-state index in [1.807, 2.05) is 13.8 Å². The van der Waals surface area contributed by atoms with Gasteiger partial charge in [0.2, 0.25) is 15.9 Å². The summed E-state index contributed by atoms with van der Waals surface area (Å²) < 4.78 is 33.0. The molecule has 1 heterocycles. The summed E-state index contributed by atoms with van der Waals surface area (Å²) in [5.41, 5.74) is -0.480. The average molecular weight is 423 g/mol. The summed E-state index contributed by atoms with van der Waals surface area (Å²) in [4.78, 5) is 12.4. The van der Waals surface area contributed by atoms with Crippen LogP contribution in [-0.4, -0.2) is 50.4 Å². The lowest BCUT2D eigenvalue weighted by Crippen LogP contribution is -2.50. The van der Waals surface area contributed by atoms with Gasteiger partial charge in [0, 0.05) is 18.8 Å². The molecular formula is C20H30N4O4S. The number of nitrogens with one attached hydrogen (secondary N) is 2. The molecule has 0 saturated carbocycles. The molecule has 0 aliphatic carbocycles. The van der Waals surface area contributed by atoms with Crippen molar-refractivity contribution < 1.29 is 17.9 Å². The number of nitrogens with zero attached hydrogens (tertiary/aromatic N) is 2. The molecule has 29 heavy (non-hydrogen) atoms. The topological polar surface area (TPSA) is 112 Å². The van der Waals surface area contributed by atoms with Gasteiger partial charge >= 0.3 is 0 Å². The van der Waals surface area contributed by atoms with Crippen molar-refractivity contribution in [1.29, 1.82) is 5.26 Å². The molecule has 1 atom stereocenters. The molecule has 1 fully saturated rings. The van der Waals surface area contributed by atoms with Crippen molar-refractivity contribution in [3.8, 4) is 11.8 Å². The van der Waals surface area contributed by atoms with Gasteiger partial charge in [0.05, 0.1) is 19.2 Å². The number of rotatable bonds is 9. The number of ether oxygens (including phenoxy) is 1. The lowest BCUT2D eigenvalue weighted by atomic mass is 9.90. The minimum atomic E-state index is -3.67. The van der Waals surface area contributed by atoms with E-state index in [9.17, 15) is 18.5 Å². The van der Waals surface area contributed by atoms with Crippen molar-refractivity contribution >= 4 is 21.6 Å². The van der Waals surface area contributed by atoms with Crippen LogP contribution in [0.2, 0.25) is 0 Å². The van der Waals surface area contributed by atoms with Crippen LogP contribution in [-0.2, 0) is 14.8 Å². The maximum absolute atomic E-state index is 13.0. The molecule has 0 radical (unpaired) electrons. The minimum Gasteiger partial charge on any atom is -0.492 e. The molecule has 160 valence electrons. The summed E-state index contributed by atoms with van der Waals surface area (Å²) >= 11 is 0. The largest absolute Gasteiger partial charge is 0.492 e. The molecule has 9 heteroatoms. The average Bonchev–Trinajstić information content (AvgIpc) is 3.22. The summed E-state index contributed by atoms with van der Waals surface area (Å²) in [7, 11) is -3.67. The van der Waals surface area contributed by atoms with Gasteiger partial charge in [-0.25, -0.2) is 8.42 Å². The molecule has 1 aromatic rings. The van der Waals surface area contributed by atoms with E-state index in [-0.39, 0.29) is 23.3 Å². The Balaban J connectivity index is 2.18. The summed E-state index contributed by atoms with van der Waals surface area (Å²) in [6.07, 6.45) is 1.68. The number of hydrogen-bond donors (Lipinski definition) is 2. The molecule has 0 spiro atoms. The monoisotopic (exact) mass is 422 g/mol. The molecule has 8 nitrogen and oxygen atoms in total. The highest BCUT2D eigenvalue weighted by molar-refractivity contribution is 7.89. The van der Waals surface area contributed by atoms with Gasteiger partial charge in [-0.2, -0.15) is 9.57 Å². The Kier molecular flexibility index (Phi) is 7.49. The predicted octanol–water partition coefficient (Wildman–Crippen LogP) is 2.34. The molecule has 2 rings (SSSR count). The molecule has 1 aliphatic heterocycles. The first-order chi connectivity index (χ1) is 13.6. The van der Waals surface area contributed by atoms with Crippen LogP contribution in [0.4, 0.5) is 5.69 Å². The van der Waals surface area contributed by atoms with Crippen LogP contribution in [0, 0.1) is 17.2 Å². The Morgan fingerprint density at radius 3 is 2.55 bits per heavy atom. The third kappa shape index (κ3) is 5.40. The van der Waals surface area contributed by atoms with Gasteiger partial charge in [0.25, 0.3) is 0 Å². The van der Waals surface area contributed by atoms with Gasteiger partial charge < -0.3 is 15.4 Å². The van der Waals surface area contributed by atoms with E-state index in [2.05, 4.69) is 16.7 Å². The van der Waals surface area contributed by atoms with E-state index in [0.717, 1.165) is 12.8 Å². The molecule has 2 N–H and O–H groups in total. The molecule has 1 amide bonds. The number of benzene rings is 1. The zero-order valence-electron chi connectivity index (χ0n) is 17.5. The smallest absolute Gasteiger partial charge is 0.246 e. The van der Waals surface area contributed by atoms with Crippen molar-refractivity contribution in [2.24, 2.45) is 5.92 Å². The number of hydrogen-bond acceptors (Lipinski definition) is 6. The van der Waals surface area contributed by atoms with Gasteiger partial charge in [-0.3, -0.25) is 4.79 Å². The fraction of sp³-hybridized carbons (Fsp3) is 0.600. The molecular weight excluding hydrogens is 392 g/mol. The van der Waals surface area contributed by atoms with E-state index in [0.29, 0.717) is 31.1 Å². The van der Waals surface area contributed by atoms with Crippen LogP contribution >= 0.6 is 0 Å². The van der Waals surface area contributed by atoms with Gasteiger partial charge in [-0.1, -0.05) is 13.8 Å². The minimum absolute atomic E-state index is 0.0564. The van der Waals surface area contributed by atoms with Crippen LogP contribution in [0.15, 0.2) is 23.1 Å². The van der Waals surface area contributed by atoms with E-state index in [1.54, 1.807) is 26.0 Å². The first-order valence-electron chi connectivity index (χ1n) is 9.87. The molecule has 1 saturated heterocycles. The second kappa shape index (κ2) is 9.46. The number of sulfonamides is 1. The Hall–Kier alpha value is -2.31. The number of amides is 1. The third-order valence-electron chi connectivity index (χ3n) is 5.17. The van der Waals surface area contributed by atoms with E-state index >= 15 is 0 Å². The highest BCUT2D eigenvalue weighted by Gasteiger charge is 2.31. The predicted molar refractivity (Wildman–Crippen MR) is 111 cm³/mol. The second-order valence-corrected chi connectivity index (χ2v) is 9.48. The van der Waals surface area contributed by atoms with Gasteiger partial charge in [0.15, 0.2) is 0 Å². The lowest BCUT2D eigenvalue weighted by Gasteiger charge is -2.27. The summed E-state index contributed by atoms with van der Waals surface area (Å²) in [5, 5.41) is 15.0. The third-order valence-corrected chi connectivity index (χ3v) is 7.09. The van der Waals surface area contributed by atoms with Crippen molar-refractivity contribution in [3.05, 3.63) is 18.2 Å². The molecule has 1 aromatic carbocycles. The first-order valence-corrected chi connectivity index (χ1v) is 11.3. The Morgan fingerprint density at radius 2 is 2.00 bits per heavy atom. The zero-order chi connectivity index (χ0) is 21.7. The highest BCUT2D eigenvalue weighted by Crippen LogP contribution is 2.31. The molecule has 1 aliphatic rings. The first kappa shape index (κ1) is 23.0. The number of carbonyl (C=O) groups is 1. The van der Waals surface area contributed by atoms with Crippen molar-refractivity contribution in [3.63, 3.8) is 0 Å². The SMILES string of the molecule is CCOc1ccc(NCC(=O)NC(C)(C#N)C(C)C)cc1S(=O)(=O)N1CCCC1. The molecule has 1 unspecified atom stereocenters. The van der Waals surface area contributed by atoms with Crippen LogP contribution in [0.5, 0.6) is 5.75 Å². The maximum atomic E-state index is 13.0. The molecule has 0 aromatic heterocycles. The van der Waals surface area contributed by atoms with Crippen LogP contribution < -0.4 is 15.4 Å². The van der Waals surface area contributed by atoms with Crippen LogP contribution in [0.25, 0.3) is 0 Å². The highest BCUT2D eigenvalue weighted by atomic mass is 32.2. The number of carbonyl (C=O) groups excluding carboxylic acids is 1. The Bertz CT molecular complexity index is 873. The number of anilines is 1. The van der Waals surface area contributed by atoms with E-state index < -0.39 is 15.6 Å². The fourth-order valence-electron chi connectivity index (χ4n) is 2.98. The van der Waals surface area contributed by atoms with Crippen LogP contribution in [0.1, 0.15) is 40.5 Å². The molecule has 0 bridgehead atoms. The summed E-state index contributed by atoms with van der Waals surface area (Å²) in [6, 6.07) is 6.90. The summed E-state index contributed by atoms with van der Waals surface area (Å²) in [5.74, 6) is -0.106. The standard InChI is InChI=1S/C20H30N4O4S/c1-5-28-17-9-8-16(12-18(17)29(26,27)24-10-6-7-11-24)22-13-19(25)23-20(4,14-21)15(2)3/h8-9,12,15,22H,5-7,10-11,13H2,1-4H3,(H,23,25). The lowest BCUT2D eigenvalue weighted by molar-refractivity contribution is -0.121. The van der Waals surface area contributed by atoms with Gasteiger partial charge in [-0.15, -0.1) is 0 Å². The summed E-state index contributed by atoms with van der Waals surface area (Å²) in [6.45, 7) is 8.45. The van der Waals surface area contributed by atoms with E-state index in [1.165, 1.54) is 10.4 Å². The Morgan fingerprint density at radius 1 is 1.34 bits per heavy atom. The Labute approximate surface area is 173 Å². The quantitative estimate of drug-likeness (QED) is 0.632. The fourth-order valence-corrected chi connectivity index (χ4v) is 4.65. The maximum Gasteiger partial charge on any atom is 0.246 e. The van der Waals surface area contributed by atoms with Gasteiger partial charge in [-0.05, 0) is 50.8 Å². The van der Waals surface area contributed by atoms with Gasteiger partial charge in [0.1, 0.15) is 16.2 Å². The number of nitriles is 1.